The Balaban J connectivity index is 1.80. The van der Waals surface area contributed by atoms with Crippen LogP contribution in [0.3, 0.4) is 0 Å². The maximum atomic E-state index is 14.2. The molecule has 1 aromatic heterocycles. The van der Waals surface area contributed by atoms with Crippen molar-refractivity contribution in [3.63, 3.8) is 0 Å². The molecule has 2 heterocycles. The highest BCUT2D eigenvalue weighted by molar-refractivity contribution is 7.07. The van der Waals surface area contributed by atoms with Crippen LogP contribution in [-0.4, -0.2) is 23.8 Å². The van der Waals surface area contributed by atoms with Gasteiger partial charge in [-0.25, -0.2) is 9.79 Å². The van der Waals surface area contributed by atoms with E-state index in [1.807, 2.05) is 54.6 Å². The van der Waals surface area contributed by atoms with Crippen LogP contribution in [-0.2, 0) is 9.53 Å². The van der Waals surface area contributed by atoms with E-state index in [4.69, 9.17) is 32.5 Å². The third-order valence-electron chi connectivity index (χ3n) is 6.86. The summed E-state index contributed by atoms with van der Waals surface area (Å²) in [6.45, 7) is 6.25. The van der Waals surface area contributed by atoms with Crippen molar-refractivity contribution < 1.29 is 14.3 Å². The van der Waals surface area contributed by atoms with Gasteiger partial charge >= 0.3 is 5.97 Å². The molecule has 0 amide bonds. The van der Waals surface area contributed by atoms with Gasteiger partial charge in [-0.2, -0.15) is 0 Å². The maximum absolute atomic E-state index is 14.2. The molecule has 3 aromatic carbocycles. The molecule has 42 heavy (non-hydrogen) atoms. The van der Waals surface area contributed by atoms with E-state index < -0.39 is 12.0 Å². The molecule has 1 aliphatic rings. The number of terminal acetylenes is 1. The third-order valence-corrected chi connectivity index (χ3v) is 8.08. The van der Waals surface area contributed by atoms with Crippen LogP contribution in [0.5, 0.6) is 5.75 Å². The molecule has 4 aromatic rings. The number of ether oxygens (including phenoxy) is 2. The highest BCUT2D eigenvalue weighted by Crippen LogP contribution is 2.35. The van der Waals surface area contributed by atoms with Gasteiger partial charge in [0.15, 0.2) is 4.80 Å². The Kier molecular flexibility index (Phi) is 8.77. The lowest BCUT2D eigenvalue weighted by atomic mass is 9.91. The van der Waals surface area contributed by atoms with Gasteiger partial charge < -0.3 is 9.47 Å². The minimum Gasteiger partial charge on any atom is -0.480 e. The van der Waals surface area contributed by atoms with Gasteiger partial charge in [0.1, 0.15) is 12.4 Å². The van der Waals surface area contributed by atoms with E-state index in [1.165, 1.54) is 11.3 Å². The minimum atomic E-state index is -0.754. The fourth-order valence-electron chi connectivity index (χ4n) is 4.84. The second-order valence-electron chi connectivity index (χ2n) is 9.93. The third kappa shape index (κ3) is 5.82. The van der Waals surface area contributed by atoms with Crippen LogP contribution in [0.25, 0.3) is 11.8 Å². The molecule has 1 aliphatic heterocycles. The number of hydrogen-bond donors (Lipinski definition) is 0. The molecule has 6 nitrogen and oxygen atoms in total. The first-order valence-corrected chi connectivity index (χ1v) is 14.8. The lowest BCUT2D eigenvalue weighted by Crippen LogP contribution is -2.40. The Morgan fingerprint density at radius 3 is 2.55 bits per heavy atom. The highest BCUT2D eigenvalue weighted by atomic mass is 35.5. The van der Waals surface area contributed by atoms with Crippen LogP contribution < -0.4 is 19.6 Å². The average molecular weight is 597 g/mol. The Labute approximate surface area is 253 Å². The largest absolute Gasteiger partial charge is 0.480 e. The van der Waals surface area contributed by atoms with Crippen molar-refractivity contribution in [3.05, 3.63) is 125 Å². The van der Waals surface area contributed by atoms with Crippen molar-refractivity contribution in [2.24, 2.45) is 4.99 Å². The van der Waals surface area contributed by atoms with Gasteiger partial charge in [0.25, 0.3) is 5.56 Å². The molecular formula is C34H29ClN2O4S. The van der Waals surface area contributed by atoms with Crippen LogP contribution in [0.4, 0.5) is 0 Å². The molecule has 0 unspecified atom stereocenters. The number of benzene rings is 3. The molecule has 0 N–H and O–H groups in total. The summed E-state index contributed by atoms with van der Waals surface area (Å²) in [6, 6.07) is 21.8. The molecule has 5 rings (SSSR count). The summed E-state index contributed by atoms with van der Waals surface area (Å²) < 4.78 is 13.2. The number of nitrogens with zero attached hydrogens (tertiary/aromatic N) is 2. The van der Waals surface area contributed by atoms with Crippen LogP contribution in [0.2, 0.25) is 5.02 Å². The Morgan fingerprint density at radius 2 is 1.88 bits per heavy atom. The van der Waals surface area contributed by atoms with Crippen molar-refractivity contribution in [2.75, 3.05) is 13.2 Å². The zero-order chi connectivity index (χ0) is 29.8. The summed E-state index contributed by atoms with van der Waals surface area (Å²) in [5, 5.41) is 0.487. The second-order valence-corrected chi connectivity index (χ2v) is 11.4. The molecule has 212 valence electrons. The van der Waals surface area contributed by atoms with Gasteiger partial charge in [0, 0.05) is 16.1 Å². The highest BCUT2D eigenvalue weighted by Gasteiger charge is 2.35. The van der Waals surface area contributed by atoms with E-state index in [2.05, 4.69) is 19.8 Å². The predicted octanol–water partition coefficient (Wildman–Crippen LogP) is 5.72. The first kappa shape index (κ1) is 29.1. The SMILES string of the molecule is C#CCOc1ccc(Cl)cc1/C=c1\sc2n(c1=O)[C@H](c1ccc(C(C)C)cc1)C(C(=O)OCC)=C(c1ccccc1)N=2. The number of aromatic nitrogens is 1. The molecule has 0 saturated heterocycles. The van der Waals surface area contributed by atoms with Crippen molar-refractivity contribution in [3.8, 4) is 18.1 Å². The van der Waals surface area contributed by atoms with Gasteiger partial charge in [-0.1, -0.05) is 97.3 Å². The Morgan fingerprint density at radius 1 is 1.14 bits per heavy atom. The normalized spacial score (nSPS) is 14.8. The van der Waals surface area contributed by atoms with Crippen LogP contribution >= 0.6 is 22.9 Å². The van der Waals surface area contributed by atoms with E-state index in [0.717, 1.165) is 16.7 Å². The van der Waals surface area contributed by atoms with Crippen LogP contribution in [0.15, 0.2) is 88.2 Å². The minimum absolute atomic E-state index is 0.0689. The number of hydrogen-bond acceptors (Lipinski definition) is 6. The fraction of sp³-hybridized carbons (Fsp3) is 0.206. The van der Waals surface area contributed by atoms with Gasteiger partial charge in [-0.3, -0.25) is 9.36 Å². The summed E-state index contributed by atoms with van der Waals surface area (Å²) >= 11 is 7.52. The molecule has 0 fully saturated rings. The van der Waals surface area contributed by atoms with Crippen molar-refractivity contribution in [1.82, 2.24) is 4.57 Å². The number of rotatable bonds is 8. The molecule has 0 saturated carbocycles. The van der Waals surface area contributed by atoms with Crippen molar-refractivity contribution >= 4 is 40.7 Å². The number of halogens is 1. The Hall–Kier alpha value is -4.38. The van der Waals surface area contributed by atoms with Crippen molar-refractivity contribution in [1.29, 1.82) is 0 Å². The van der Waals surface area contributed by atoms with Gasteiger partial charge in [0.2, 0.25) is 0 Å². The number of carbonyl (C=O) groups is 1. The zero-order valence-corrected chi connectivity index (χ0v) is 25.0. The van der Waals surface area contributed by atoms with E-state index in [1.54, 1.807) is 35.8 Å². The molecular weight excluding hydrogens is 568 g/mol. The molecule has 0 spiro atoms. The lowest BCUT2D eigenvalue weighted by molar-refractivity contribution is -0.138. The molecule has 0 aliphatic carbocycles. The molecule has 1 atom stereocenters. The molecule has 0 radical (unpaired) electrons. The van der Waals surface area contributed by atoms with Crippen LogP contribution in [0, 0.1) is 12.3 Å². The van der Waals surface area contributed by atoms with Gasteiger partial charge in [-0.15, -0.1) is 6.42 Å². The second kappa shape index (κ2) is 12.6. The van der Waals surface area contributed by atoms with E-state index in [-0.39, 0.29) is 18.8 Å². The summed E-state index contributed by atoms with van der Waals surface area (Å²) in [6.07, 6.45) is 7.12. The fourth-order valence-corrected chi connectivity index (χ4v) is 6.02. The maximum Gasteiger partial charge on any atom is 0.338 e. The quantitative estimate of drug-likeness (QED) is 0.193. The van der Waals surface area contributed by atoms with Gasteiger partial charge in [0.05, 0.1) is 28.5 Å². The number of fused-ring (bicyclic) bond motifs is 1. The van der Waals surface area contributed by atoms with Gasteiger partial charge in [-0.05, 0) is 48.2 Å². The summed E-state index contributed by atoms with van der Waals surface area (Å²) in [5.74, 6) is 2.76. The zero-order valence-electron chi connectivity index (χ0n) is 23.5. The van der Waals surface area contributed by atoms with E-state index in [0.29, 0.717) is 42.9 Å². The Bertz CT molecular complexity index is 1880. The number of esters is 1. The predicted molar refractivity (Wildman–Crippen MR) is 167 cm³/mol. The average Bonchev–Trinajstić information content (AvgIpc) is 3.30. The van der Waals surface area contributed by atoms with Crippen molar-refractivity contribution in [2.45, 2.75) is 32.7 Å². The number of carbonyl (C=O) groups excluding carboxylic acids is 1. The van der Waals surface area contributed by atoms with E-state index >= 15 is 0 Å². The van der Waals surface area contributed by atoms with Crippen LogP contribution in [0.1, 0.15) is 55.0 Å². The summed E-state index contributed by atoms with van der Waals surface area (Å²) in [7, 11) is 0. The summed E-state index contributed by atoms with van der Waals surface area (Å²) in [4.78, 5) is 33.1. The monoisotopic (exact) mass is 596 g/mol. The first-order valence-electron chi connectivity index (χ1n) is 13.6. The topological polar surface area (TPSA) is 69.9 Å². The van der Waals surface area contributed by atoms with E-state index in [9.17, 15) is 9.59 Å². The molecule has 0 bridgehead atoms. The summed E-state index contributed by atoms with van der Waals surface area (Å²) in [5.41, 5.74) is 3.76. The smallest absolute Gasteiger partial charge is 0.338 e. The molecule has 8 heteroatoms. The number of thiazole rings is 1. The standard InChI is InChI=1S/C34H29ClN2O4S/c1-5-18-41-27-17-16-26(35)19-25(27)20-28-32(38)37-31(24-14-12-22(13-15-24)21(3)4)29(33(39)40-6-2)30(36-34(37)42-28)23-10-8-7-9-11-23/h1,7-17,19-21,31H,6,18H2,2-4H3/b28-20-/t31-/m1/s1. The first-order chi connectivity index (χ1) is 20.3. The lowest BCUT2D eigenvalue weighted by Gasteiger charge is -2.26.